The molecule has 3 N–H and O–H groups in total. The summed E-state index contributed by atoms with van der Waals surface area (Å²) in [4.78, 5) is 46.6. The van der Waals surface area contributed by atoms with Gasteiger partial charge in [-0.05, 0) is 11.6 Å². The Labute approximate surface area is 178 Å². The highest BCUT2D eigenvalue weighted by Gasteiger charge is 2.28. The van der Waals surface area contributed by atoms with Crippen molar-refractivity contribution >= 4 is 23.5 Å². The van der Waals surface area contributed by atoms with Gasteiger partial charge in [-0.25, -0.2) is 4.79 Å². The number of amides is 2. The fraction of sp³-hybridized carbons (Fsp3) is 0.286. The Balaban J connectivity index is 2.23. The van der Waals surface area contributed by atoms with E-state index in [1.807, 2.05) is 6.07 Å². The van der Waals surface area contributed by atoms with E-state index in [4.69, 9.17) is 4.74 Å². The van der Waals surface area contributed by atoms with Gasteiger partial charge in [-0.3, -0.25) is 19.7 Å². The summed E-state index contributed by atoms with van der Waals surface area (Å²) >= 11 is 0. The van der Waals surface area contributed by atoms with E-state index in [1.165, 1.54) is 32.2 Å². The normalized spacial score (nSPS) is 12.3. The van der Waals surface area contributed by atoms with Crippen LogP contribution >= 0.6 is 0 Å². The molecule has 0 heterocycles. The van der Waals surface area contributed by atoms with Crippen molar-refractivity contribution in [3.05, 3.63) is 69.8 Å². The monoisotopic (exact) mass is 429 g/mol. The lowest BCUT2D eigenvalue weighted by Crippen LogP contribution is -2.52. The quantitative estimate of drug-likeness (QED) is 0.382. The van der Waals surface area contributed by atoms with Gasteiger partial charge in [0.25, 0.3) is 5.69 Å². The third-order valence-corrected chi connectivity index (χ3v) is 4.49. The summed E-state index contributed by atoms with van der Waals surface area (Å²) in [5, 5.41) is 25.6. The lowest BCUT2D eigenvalue weighted by molar-refractivity contribution is -0.384. The van der Waals surface area contributed by atoms with Crippen LogP contribution in [-0.2, 0) is 27.2 Å². The lowest BCUT2D eigenvalue weighted by atomic mass is 10.0. The fourth-order valence-corrected chi connectivity index (χ4v) is 3.03. The van der Waals surface area contributed by atoms with Crippen LogP contribution in [0, 0.1) is 10.1 Å². The Kier molecular flexibility index (Phi) is 8.07. The number of nitrogens with zero attached hydrogens (tertiary/aromatic N) is 1. The first-order valence-electron chi connectivity index (χ1n) is 9.36. The van der Waals surface area contributed by atoms with Gasteiger partial charge in [0.1, 0.15) is 17.8 Å². The van der Waals surface area contributed by atoms with Crippen molar-refractivity contribution < 1.29 is 29.2 Å². The second-order valence-electron chi connectivity index (χ2n) is 6.80. The number of hydrogen-bond donors (Lipinski definition) is 3. The molecule has 0 aromatic heterocycles. The molecule has 2 aromatic carbocycles. The number of hydrogen-bond acceptors (Lipinski definition) is 6. The Bertz CT molecular complexity index is 963. The fourth-order valence-electron chi connectivity index (χ4n) is 3.03. The van der Waals surface area contributed by atoms with Crippen molar-refractivity contribution in [1.82, 2.24) is 10.6 Å². The van der Waals surface area contributed by atoms with Gasteiger partial charge in [0.05, 0.1) is 12.0 Å². The molecule has 0 aliphatic heterocycles. The van der Waals surface area contributed by atoms with Crippen molar-refractivity contribution in [3.8, 4) is 5.75 Å². The Morgan fingerprint density at radius 1 is 1.06 bits per heavy atom. The van der Waals surface area contributed by atoms with Crippen molar-refractivity contribution in [2.75, 3.05) is 7.11 Å². The molecule has 0 aliphatic rings. The third kappa shape index (κ3) is 6.81. The Morgan fingerprint density at radius 3 is 2.29 bits per heavy atom. The van der Waals surface area contributed by atoms with Gasteiger partial charge >= 0.3 is 5.97 Å². The highest BCUT2D eigenvalue weighted by molar-refractivity contribution is 5.90. The van der Waals surface area contributed by atoms with E-state index in [-0.39, 0.29) is 29.8 Å². The number of nitro benzene ring substituents is 1. The van der Waals surface area contributed by atoms with Gasteiger partial charge < -0.3 is 20.5 Å². The molecular formula is C21H23N3O7. The molecule has 10 nitrogen and oxygen atoms in total. The molecule has 2 atom stereocenters. The number of carboxylic acid groups (broad SMARTS) is 1. The minimum atomic E-state index is -1.39. The zero-order valence-electron chi connectivity index (χ0n) is 17.0. The van der Waals surface area contributed by atoms with E-state index in [0.717, 1.165) is 5.56 Å². The van der Waals surface area contributed by atoms with Gasteiger partial charge in [0.2, 0.25) is 11.8 Å². The second-order valence-corrected chi connectivity index (χ2v) is 6.80. The summed E-state index contributed by atoms with van der Waals surface area (Å²) < 4.78 is 5.16. The number of benzene rings is 2. The molecule has 0 fully saturated rings. The molecule has 0 saturated carbocycles. The van der Waals surface area contributed by atoms with E-state index < -0.39 is 34.8 Å². The average Bonchev–Trinajstić information content (AvgIpc) is 2.72. The predicted molar refractivity (Wildman–Crippen MR) is 111 cm³/mol. The van der Waals surface area contributed by atoms with E-state index in [1.54, 1.807) is 24.3 Å². The highest BCUT2D eigenvalue weighted by atomic mass is 16.6. The first kappa shape index (κ1) is 23.3. The standard InChI is InChI=1S/C21H23N3O7/c1-13(25)22-17(10-14-6-4-3-5-7-14)20(26)23-18(21(27)28)12-15-11-16(24(29)30)8-9-19(15)31-2/h3-9,11,17-18H,10,12H2,1-2H3,(H,22,25)(H,23,26)(H,27,28)/t17-,18-/m1/s1. The van der Waals surface area contributed by atoms with Crippen LogP contribution in [-0.4, -0.2) is 47.0 Å². The van der Waals surface area contributed by atoms with Crippen LogP contribution in [0.4, 0.5) is 5.69 Å². The van der Waals surface area contributed by atoms with Crippen LogP contribution in [0.1, 0.15) is 18.1 Å². The summed E-state index contributed by atoms with van der Waals surface area (Å²) in [6.45, 7) is 1.26. The molecule has 0 bridgehead atoms. The number of methoxy groups -OCH3 is 1. The van der Waals surface area contributed by atoms with Crippen molar-refractivity contribution in [2.24, 2.45) is 0 Å². The highest BCUT2D eigenvalue weighted by Crippen LogP contribution is 2.25. The number of carboxylic acids is 1. The van der Waals surface area contributed by atoms with Crippen molar-refractivity contribution in [3.63, 3.8) is 0 Å². The SMILES string of the molecule is COc1ccc([N+](=O)[O-])cc1C[C@@H](NC(=O)[C@@H](Cc1ccccc1)NC(C)=O)C(=O)O. The Hall–Kier alpha value is -3.95. The summed E-state index contributed by atoms with van der Waals surface area (Å²) in [6.07, 6.45) is -0.0806. The first-order valence-corrected chi connectivity index (χ1v) is 9.36. The first-order chi connectivity index (χ1) is 14.7. The largest absolute Gasteiger partial charge is 0.496 e. The number of rotatable bonds is 10. The average molecular weight is 429 g/mol. The maximum atomic E-state index is 12.8. The summed E-state index contributed by atoms with van der Waals surface area (Å²) in [5.41, 5.74) is 0.804. The second kappa shape index (κ2) is 10.7. The van der Waals surface area contributed by atoms with Gasteiger partial charge in [-0.15, -0.1) is 0 Å². The zero-order chi connectivity index (χ0) is 23.0. The van der Waals surface area contributed by atoms with Gasteiger partial charge in [0, 0.05) is 37.5 Å². The molecule has 0 unspecified atom stereocenters. The lowest BCUT2D eigenvalue weighted by Gasteiger charge is -2.21. The number of nitrogens with one attached hydrogen (secondary N) is 2. The molecule has 2 amide bonds. The minimum Gasteiger partial charge on any atom is -0.496 e. The molecule has 2 aromatic rings. The number of carbonyl (C=O) groups is 3. The number of aliphatic carboxylic acids is 1. The number of non-ortho nitro benzene ring substituents is 1. The summed E-state index contributed by atoms with van der Waals surface area (Å²) in [7, 11) is 1.35. The summed E-state index contributed by atoms with van der Waals surface area (Å²) in [6, 6.07) is 10.4. The van der Waals surface area contributed by atoms with Crippen molar-refractivity contribution in [1.29, 1.82) is 0 Å². The molecule has 0 saturated heterocycles. The topological polar surface area (TPSA) is 148 Å². The van der Waals surface area contributed by atoms with Crippen LogP contribution in [0.3, 0.4) is 0 Å². The van der Waals surface area contributed by atoms with Gasteiger partial charge in [0.15, 0.2) is 0 Å². The smallest absolute Gasteiger partial charge is 0.326 e. The molecule has 10 heteroatoms. The van der Waals surface area contributed by atoms with E-state index in [9.17, 15) is 29.6 Å². The number of nitro groups is 1. The number of carbonyl (C=O) groups excluding carboxylic acids is 2. The molecule has 0 spiro atoms. The van der Waals surface area contributed by atoms with E-state index in [2.05, 4.69) is 10.6 Å². The van der Waals surface area contributed by atoms with Crippen molar-refractivity contribution in [2.45, 2.75) is 31.8 Å². The van der Waals surface area contributed by atoms with Gasteiger partial charge in [-0.2, -0.15) is 0 Å². The van der Waals surface area contributed by atoms with Crippen LogP contribution in [0.2, 0.25) is 0 Å². The van der Waals surface area contributed by atoms with Crippen LogP contribution in [0.25, 0.3) is 0 Å². The molecule has 31 heavy (non-hydrogen) atoms. The third-order valence-electron chi connectivity index (χ3n) is 4.49. The Morgan fingerprint density at radius 2 is 1.74 bits per heavy atom. The zero-order valence-corrected chi connectivity index (χ0v) is 17.0. The van der Waals surface area contributed by atoms with E-state index >= 15 is 0 Å². The molecule has 2 rings (SSSR count). The molecular weight excluding hydrogens is 406 g/mol. The maximum absolute atomic E-state index is 12.8. The minimum absolute atomic E-state index is 0.165. The van der Waals surface area contributed by atoms with Crippen LogP contribution < -0.4 is 15.4 Å². The molecule has 164 valence electrons. The molecule has 0 radical (unpaired) electrons. The number of ether oxygens (including phenoxy) is 1. The van der Waals surface area contributed by atoms with Gasteiger partial charge in [-0.1, -0.05) is 30.3 Å². The van der Waals surface area contributed by atoms with Crippen LogP contribution in [0.5, 0.6) is 5.75 Å². The predicted octanol–water partition coefficient (Wildman–Crippen LogP) is 1.46. The maximum Gasteiger partial charge on any atom is 0.326 e. The summed E-state index contributed by atoms with van der Waals surface area (Å²) in [5.74, 6) is -2.20. The molecule has 0 aliphatic carbocycles. The van der Waals surface area contributed by atoms with E-state index in [0.29, 0.717) is 0 Å². The van der Waals surface area contributed by atoms with Crippen LogP contribution in [0.15, 0.2) is 48.5 Å².